The molecule has 0 aliphatic heterocycles. The van der Waals surface area contributed by atoms with E-state index >= 15 is 0 Å². The lowest BCUT2D eigenvalue weighted by molar-refractivity contribution is -0.384. The van der Waals surface area contributed by atoms with Crippen LogP contribution >= 0.6 is 0 Å². The van der Waals surface area contributed by atoms with Crippen molar-refractivity contribution in [2.45, 2.75) is 32.9 Å². The molecule has 0 amide bonds. The molecular weight excluding hydrogens is 246 g/mol. The largest absolute Gasteiger partial charge is 0.490 e. The van der Waals surface area contributed by atoms with Gasteiger partial charge >= 0.3 is 0 Å². The van der Waals surface area contributed by atoms with Gasteiger partial charge in [0.1, 0.15) is 18.4 Å². The minimum atomic E-state index is -0.472. The van der Waals surface area contributed by atoms with Crippen LogP contribution in [0.1, 0.15) is 19.4 Å². The summed E-state index contributed by atoms with van der Waals surface area (Å²) in [6.07, 6.45) is 0. The van der Waals surface area contributed by atoms with Crippen LogP contribution in [0.3, 0.4) is 0 Å². The quantitative estimate of drug-likeness (QED) is 0.627. The number of hydrogen-bond donors (Lipinski definition) is 1. The number of benzene rings is 1. The van der Waals surface area contributed by atoms with Gasteiger partial charge in [0.25, 0.3) is 5.69 Å². The molecule has 19 heavy (non-hydrogen) atoms. The van der Waals surface area contributed by atoms with Gasteiger partial charge in [-0.2, -0.15) is 5.26 Å². The Morgan fingerprint density at radius 2 is 2.21 bits per heavy atom. The highest BCUT2D eigenvalue weighted by atomic mass is 16.6. The van der Waals surface area contributed by atoms with Gasteiger partial charge in [-0.05, 0) is 32.4 Å². The number of nitriles is 1. The second-order valence-corrected chi connectivity index (χ2v) is 4.52. The SMILES string of the molecule is Cc1ccc([N+](=O)[O-])cc1OCC(C#N)NC(C)C. The number of non-ortho nitro benzene ring substituents is 1. The monoisotopic (exact) mass is 263 g/mol. The predicted molar refractivity (Wildman–Crippen MR) is 71.0 cm³/mol. The van der Waals surface area contributed by atoms with E-state index in [9.17, 15) is 10.1 Å². The molecule has 1 unspecified atom stereocenters. The Balaban J connectivity index is 2.74. The predicted octanol–water partition coefficient (Wildman–Crippen LogP) is 2.17. The molecule has 0 heterocycles. The van der Waals surface area contributed by atoms with E-state index < -0.39 is 11.0 Å². The maximum Gasteiger partial charge on any atom is 0.273 e. The van der Waals surface area contributed by atoms with Crippen LogP contribution in [-0.4, -0.2) is 23.6 Å². The molecular formula is C13H17N3O3. The summed E-state index contributed by atoms with van der Waals surface area (Å²) >= 11 is 0. The first kappa shape index (κ1) is 14.9. The smallest absolute Gasteiger partial charge is 0.273 e. The van der Waals surface area contributed by atoms with Crippen LogP contribution in [0.4, 0.5) is 5.69 Å². The number of nitro groups is 1. The highest BCUT2D eigenvalue weighted by Gasteiger charge is 2.13. The number of nitrogens with one attached hydrogen (secondary N) is 1. The van der Waals surface area contributed by atoms with Gasteiger partial charge in [0.15, 0.2) is 0 Å². The summed E-state index contributed by atoms with van der Waals surface area (Å²) in [5.74, 6) is 0.431. The van der Waals surface area contributed by atoms with Crippen molar-refractivity contribution in [1.29, 1.82) is 5.26 Å². The minimum absolute atomic E-state index is 0.0223. The lowest BCUT2D eigenvalue weighted by atomic mass is 10.2. The molecule has 0 spiro atoms. The van der Waals surface area contributed by atoms with Crippen LogP contribution < -0.4 is 10.1 Å². The molecule has 1 aromatic carbocycles. The first-order valence-corrected chi connectivity index (χ1v) is 5.97. The van der Waals surface area contributed by atoms with Crippen LogP contribution in [0.15, 0.2) is 18.2 Å². The molecule has 6 nitrogen and oxygen atoms in total. The van der Waals surface area contributed by atoms with Crippen LogP contribution in [0.5, 0.6) is 5.75 Å². The molecule has 1 rings (SSSR count). The van der Waals surface area contributed by atoms with Crippen LogP contribution in [0.2, 0.25) is 0 Å². The molecule has 0 radical (unpaired) electrons. The van der Waals surface area contributed by atoms with Crippen molar-refractivity contribution in [1.82, 2.24) is 5.32 Å². The fourth-order valence-corrected chi connectivity index (χ4v) is 1.56. The third-order valence-electron chi connectivity index (χ3n) is 2.48. The summed E-state index contributed by atoms with van der Waals surface area (Å²) < 4.78 is 5.49. The number of aryl methyl sites for hydroxylation is 1. The summed E-state index contributed by atoms with van der Waals surface area (Å²) in [7, 11) is 0. The molecule has 1 atom stereocenters. The summed E-state index contributed by atoms with van der Waals surface area (Å²) in [6, 6.07) is 6.24. The molecule has 0 saturated heterocycles. The number of rotatable bonds is 6. The standard InChI is InChI=1S/C13H17N3O3/c1-9(2)15-11(7-14)8-19-13-6-12(16(17)18)5-4-10(13)3/h4-6,9,11,15H,8H2,1-3H3. The molecule has 0 aliphatic rings. The fraction of sp³-hybridized carbons (Fsp3) is 0.462. The van der Waals surface area contributed by atoms with E-state index in [2.05, 4.69) is 11.4 Å². The summed E-state index contributed by atoms with van der Waals surface area (Å²) in [6.45, 7) is 5.82. The molecule has 0 aliphatic carbocycles. The first-order valence-electron chi connectivity index (χ1n) is 5.97. The van der Waals surface area contributed by atoms with Crippen molar-refractivity contribution in [3.8, 4) is 11.8 Å². The molecule has 1 N–H and O–H groups in total. The van der Waals surface area contributed by atoms with Crippen molar-refractivity contribution < 1.29 is 9.66 Å². The summed E-state index contributed by atoms with van der Waals surface area (Å²) in [5, 5.41) is 22.7. The highest BCUT2D eigenvalue weighted by molar-refractivity contribution is 5.43. The van der Waals surface area contributed by atoms with E-state index in [1.807, 2.05) is 13.8 Å². The van der Waals surface area contributed by atoms with Crippen molar-refractivity contribution in [3.63, 3.8) is 0 Å². The molecule has 0 fully saturated rings. The Morgan fingerprint density at radius 3 is 2.74 bits per heavy atom. The van der Waals surface area contributed by atoms with Crippen molar-refractivity contribution in [3.05, 3.63) is 33.9 Å². The van der Waals surface area contributed by atoms with E-state index in [1.54, 1.807) is 13.0 Å². The third-order valence-corrected chi connectivity index (χ3v) is 2.48. The van der Waals surface area contributed by atoms with E-state index in [4.69, 9.17) is 10.00 Å². The zero-order valence-corrected chi connectivity index (χ0v) is 11.2. The average Bonchev–Trinajstić information content (AvgIpc) is 2.35. The Hall–Kier alpha value is -2.13. The molecule has 0 aromatic heterocycles. The van der Waals surface area contributed by atoms with Gasteiger partial charge in [0, 0.05) is 12.1 Å². The molecule has 0 bridgehead atoms. The fourth-order valence-electron chi connectivity index (χ4n) is 1.56. The minimum Gasteiger partial charge on any atom is -0.490 e. The third kappa shape index (κ3) is 4.56. The Bertz CT molecular complexity index is 494. The lowest BCUT2D eigenvalue weighted by Gasteiger charge is -2.16. The second kappa shape index (κ2) is 6.71. The van der Waals surface area contributed by atoms with Crippen molar-refractivity contribution >= 4 is 5.69 Å². The lowest BCUT2D eigenvalue weighted by Crippen LogP contribution is -2.38. The topological polar surface area (TPSA) is 88.2 Å². The van der Waals surface area contributed by atoms with Gasteiger partial charge in [0.2, 0.25) is 0 Å². The van der Waals surface area contributed by atoms with Crippen LogP contribution in [-0.2, 0) is 0 Å². The molecule has 1 aromatic rings. The van der Waals surface area contributed by atoms with Gasteiger partial charge in [-0.25, -0.2) is 0 Å². The van der Waals surface area contributed by atoms with Gasteiger partial charge in [-0.3, -0.25) is 15.4 Å². The number of nitrogens with zero attached hydrogens (tertiary/aromatic N) is 2. The maximum absolute atomic E-state index is 10.7. The Labute approximate surface area is 112 Å². The maximum atomic E-state index is 10.7. The second-order valence-electron chi connectivity index (χ2n) is 4.52. The Kier molecular flexibility index (Phi) is 5.27. The summed E-state index contributed by atoms with van der Waals surface area (Å²) in [4.78, 5) is 10.2. The molecule has 6 heteroatoms. The van der Waals surface area contributed by atoms with E-state index in [1.165, 1.54) is 12.1 Å². The number of hydrogen-bond acceptors (Lipinski definition) is 5. The van der Waals surface area contributed by atoms with Crippen molar-refractivity contribution in [2.75, 3.05) is 6.61 Å². The van der Waals surface area contributed by atoms with Crippen molar-refractivity contribution in [2.24, 2.45) is 0 Å². The molecule has 0 saturated carbocycles. The van der Waals surface area contributed by atoms with Crippen LogP contribution in [0.25, 0.3) is 0 Å². The average molecular weight is 263 g/mol. The highest BCUT2D eigenvalue weighted by Crippen LogP contribution is 2.24. The Morgan fingerprint density at radius 1 is 1.53 bits per heavy atom. The van der Waals surface area contributed by atoms with E-state index in [0.717, 1.165) is 5.56 Å². The first-order chi connectivity index (χ1) is 8.93. The van der Waals surface area contributed by atoms with Gasteiger partial charge in [0.05, 0.1) is 17.1 Å². The van der Waals surface area contributed by atoms with E-state index in [0.29, 0.717) is 5.75 Å². The van der Waals surface area contributed by atoms with Gasteiger partial charge in [-0.15, -0.1) is 0 Å². The number of ether oxygens (including phenoxy) is 1. The van der Waals surface area contributed by atoms with E-state index in [-0.39, 0.29) is 18.3 Å². The zero-order chi connectivity index (χ0) is 14.4. The van der Waals surface area contributed by atoms with Gasteiger partial charge < -0.3 is 4.74 Å². The summed E-state index contributed by atoms with van der Waals surface area (Å²) in [5.41, 5.74) is 0.776. The zero-order valence-electron chi connectivity index (χ0n) is 11.2. The molecule has 102 valence electrons. The number of nitro benzene ring substituents is 1. The van der Waals surface area contributed by atoms with Crippen LogP contribution in [0, 0.1) is 28.4 Å². The van der Waals surface area contributed by atoms with Gasteiger partial charge in [-0.1, -0.05) is 0 Å². The normalized spacial score (nSPS) is 11.9.